The molecule has 16 heavy (non-hydrogen) atoms. The average molecular weight is 213 g/mol. The van der Waals surface area contributed by atoms with Gasteiger partial charge in [0, 0.05) is 22.2 Å². The van der Waals surface area contributed by atoms with E-state index in [1.165, 1.54) is 0 Å². The number of methoxy groups -OCH3 is 1. The van der Waals surface area contributed by atoms with E-state index in [0.29, 0.717) is 6.54 Å². The van der Waals surface area contributed by atoms with Gasteiger partial charge in [0.05, 0.1) is 13.7 Å². The number of benzene rings is 1. The summed E-state index contributed by atoms with van der Waals surface area (Å²) < 4.78 is 7.32. The number of allylic oxidation sites excluding steroid dienone is 1. The van der Waals surface area contributed by atoms with Gasteiger partial charge in [-0.1, -0.05) is 0 Å². The highest BCUT2D eigenvalue weighted by atomic mass is 16.5. The quantitative estimate of drug-likeness (QED) is 0.716. The summed E-state index contributed by atoms with van der Waals surface area (Å²) >= 11 is 0. The maximum Gasteiger partial charge on any atom is 0.147 e. The van der Waals surface area contributed by atoms with Crippen LogP contribution in [0.3, 0.4) is 0 Å². The van der Waals surface area contributed by atoms with Gasteiger partial charge in [0.2, 0.25) is 0 Å². The molecule has 3 rings (SSSR count). The number of ether oxygens (including phenoxy) is 1. The molecule has 0 amide bonds. The van der Waals surface area contributed by atoms with Crippen LogP contribution in [0.15, 0.2) is 29.8 Å². The Morgan fingerprint density at radius 1 is 1.38 bits per heavy atom. The Morgan fingerprint density at radius 3 is 3.00 bits per heavy atom. The first-order valence-corrected chi connectivity index (χ1v) is 5.15. The van der Waals surface area contributed by atoms with Crippen molar-refractivity contribution in [2.24, 2.45) is 0 Å². The Morgan fingerprint density at radius 2 is 2.25 bits per heavy atom. The SMILES string of the molecule is COc1ccc2c(c1)cc1n2CC(C=O)=C1. The molecule has 1 aromatic carbocycles. The van der Waals surface area contributed by atoms with Crippen LogP contribution in [0.25, 0.3) is 17.0 Å². The van der Waals surface area contributed by atoms with Gasteiger partial charge in [0.15, 0.2) is 0 Å². The second kappa shape index (κ2) is 3.23. The molecule has 1 aromatic heterocycles. The lowest BCUT2D eigenvalue weighted by Gasteiger charge is -2.02. The molecule has 3 nitrogen and oxygen atoms in total. The van der Waals surface area contributed by atoms with Crippen LogP contribution in [0.4, 0.5) is 0 Å². The van der Waals surface area contributed by atoms with Crippen molar-refractivity contribution >= 4 is 23.3 Å². The summed E-state index contributed by atoms with van der Waals surface area (Å²) in [5, 5.41) is 1.15. The fourth-order valence-electron chi connectivity index (χ4n) is 2.18. The number of nitrogens with zero attached hydrogens (tertiary/aromatic N) is 1. The molecule has 0 atom stereocenters. The monoisotopic (exact) mass is 213 g/mol. The minimum absolute atomic E-state index is 0.675. The minimum Gasteiger partial charge on any atom is -0.497 e. The Hall–Kier alpha value is -2.03. The van der Waals surface area contributed by atoms with Crippen molar-refractivity contribution in [3.05, 3.63) is 35.5 Å². The molecule has 0 fully saturated rings. The summed E-state index contributed by atoms with van der Waals surface area (Å²) in [6.07, 6.45) is 2.85. The molecule has 0 spiro atoms. The molecule has 0 saturated carbocycles. The van der Waals surface area contributed by atoms with Gasteiger partial charge in [-0.25, -0.2) is 0 Å². The summed E-state index contributed by atoms with van der Waals surface area (Å²) in [6, 6.07) is 8.05. The molecular formula is C13H11NO2. The highest BCUT2D eigenvalue weighted by Crippen LogP contribution is 2.29. The van der Waals surface area contributed by atoms with E-state index in [1.807, 2.05) is 24.3 Å². The van der Waals surface area contributed by atoms with Crippen molar-refractivity contribution in [1.29, 1.82) is 0 Å². The highest BCUT2D eigenvalue weighted by molar-refractivity contribution is 5.91. The number of aldehydes is 1. The van der Waals surface area contributed by atoms with Crippen LogP contribution in [0.1, 0.15) is 5.69 Å². The smallest absolute Gasteiger partial charge is 0.147 e. The first-order chi connectivity index (χ1) is 7.81. The summed E-state index contributed by atoms with van der Waals surface area (Å²) in [6.45, 7) is 0.675. The summed E-state index contributed by atoms with van der Waals surface area (Å²) in [5.74, 6) is 0.858. The van der Waals surface area contributed by atoms with Crippen LogP contribution < -0.4 is 4.74 Å². The van der Waals surface area contributed by atoms with Gasteiger partial charge in [0.25, 0.3) is 0 Å². The second-order valence-electron chi connectivity index (χ2n) is 3.92. The fraction of sp³-hybridized carbons (Fsp3) is 0.154. The first-order valence-electron chi connectivity index (χ1n) is 5.15. The van der Waals surface area contributed by atoms with E-state index >= 15 is 0 Å². The molecule has 0 unspecified atom stereocenters. The Balaban J connectivity index is 2.20. The Bertz CT molecular complexity index is 608. The van der Waals surface area contributed by atoms with Crippen LogP contribution in [0.5, 0.6) is 5.75 Å². The zero-order chi connectivity index (χ0) is 11.1. The van der Waals surface area contributed by atoms with Gasteiger partial charge >= 0.3 is 0 Å². The molecular weight excluding hydrogens is 202 g/mol. The molecule has 0 radical (unpaired) electrons. The Kier molecular flexibility index (Phi) is 1.86. The van der Waals surface area contributed by atoms with E-state index in [2.05, 4.69) is 10.6 Å². The number of rotatable bonds is 2. The number of hydrogen-bond donors (Lipinski definition) is 0. The molecule has 0 saturated heterocycles. The zero-order valence-electron chi connectivity index (χ0n) is 8.93. The lowest BCUT2D eigenvalue weighted by atomic mass is 10.2. The van der Waals surface area contributed by atoms with Crippen LogP contribution in [-0.4, -0.2) is 18.0 Å². The summed E-state index contributed by atoms with van der Waals surface area (Å²) in [7, 11) is 1.66. The van der Waals surface area contributed by atoms with Gasteiger partial charge in [0.1, 0.15) is 12.0 Å². The van der Waals surface area contributed by atoms with Crippen LogP contribution >= 0.6 is 0 Å². The number of fused-ring (bicyclic) bond motifs is 3. The number of carbonyl (C=O) groups is 1. The van der Waals surface area contributed by atoms with Crippen LogP contribution in [0, 0.1) is 0 Å². The van der Waals surface area contributed by atoms with Crippen molar-refractivity contribution < 1.29 is 9.53 Å². The van der Waals surface area contributed by atoms with Gasteiger partial charge in [-0.2, -0.15) is 0 Å². The third kappa shape index (κ3) is 1.18. The normalized spacial score (nSPS) is 13.7. The fourth-order valence-corrected chi connectivity index (χ4v) is 2.18. The van der Waals surface area contributed by atoms with Crippen LogP contribution in [0.2, 0.25) is 0 Å². The number of aromatic nitrogens is 1. The molecule has 3 heteroatoms. The second-order valence-corrected chi connectivity index (χ2v) is 3.92. The van der Waals surface area contributed by atoms with E-state index in [4.69, 9.17) is 4.74 Å². The predicted octanol–water partition coefficient (Wildman–Crippen LogP) is 2.25. The number of hydrogen-bond acceptors (Lipinski definition) is 2. The molecule has 2 heterocycles. The van der Waals surface area contributed by atoms with Gasteiger partial charge in [-0.05, 0) is 30.3 Å². The lowest BCUT2D eigenvalue weighted by Crippen LogP contribution is -1.96. The Labute approximate surface area is 92.9 Å². The van der Waals surface area contributed by atoms with Gasteiger partial charge < -0.3 is 9.30 Å². The van der Waals surface area contributed by atoms with Crippen molar-refractivity contribution in [2.75, 3.05) is 7.11 Å². The standard InChI is InChI=1S/C13H11NO2/c1-16-12-2-3-13-10(6-12)5-11-4-9(8-15)7-14(11)13/h2-6,8H,7H2,1H3. The zero-order valence-corrected chi connectivity index (χ0v) is 8.93. The first kappa shape index (κ1) is 9.21. The highest BCUT2D eigenvalue weighted by Gasteiger charge is 2.15. The van der Waals surface area contributed by atoms with Crippen molar-refractivity contribution in [1.82, 2.24) is 4.57 Å². The van der Waals surface area contributed by atoms with Gasteiger partial charge in [-0.15, -0.1) is 0 Å². The van der Waals surface area contributed by atoms with E-state index < -0.39 is 0 Å². The van der Waals surface area contributed by atoms with Gasteiger partial charge in [-0.3, -0.25) is 4.79 Å². The van der Waals surface area contributed by atoms with E-state index in [9.17, 15) is 4.79 Å². The van der Waals surface area contributed by atoms with E-state index in [0.717, 1.165) is 34.2 Å². The topological polar surface area (TPSA) is 31.2 Å². The third-order valence-corrected chi connectivity index (χ3v) is 2.97. The number of carbonyl (C=O) groups excluding carboxylic acids is 1. The lowest BCUT2D eigenvalue weighted by molar-refractivity contribution is -0.105. The third-order valence-electron chi connectivity index (χ3n) is 2.97. The van der Waals surface area contributed by atoms with E-state index in [1.54, 1.807) is 7.11 Å². The molecule has 0 aliphatic carbocycles. The molecule has 80 valence electrons. The maximum atomic E-state index is 10.7. The van der Waals surface area contributed by atoms with Crippen molar-refractivity contribution in [3.8, 4) is 5.75 Å². The average Bonchev–Trinajstić information content (AvgIpc) is 2.84. The van der Waals surface area contributed by atoms with Crippen molar-refractivity contribution in [2.45, 2.75) is 6.54 Å². The summed E-state index contributed by atoms with van der Waals surface area (Å²) in [5.41, 5.74) is 3.06. The molecule has 1 aliphatic rings. The predicted molar refractivity (Wildman–Crippen MR) is 62.5 cm³/mol. The molecule has 2 aromatic rings. The van der Waals surface area contributed by atoms with Crippen LogP contribution in [-0.2, 0) is 11.3 Å². The largest absolute Gasteiger partial charge is 0.497 e. The molecule has 1 aliphatic heterocycles. The molecule has 0 N–H and O–H groups in total. The maximum absolute atomic E-state index is 10.7. The minimum atomic E-state index is 0.675. The van der Waals surface area contributed by atoms with Crippen molar-refractivity contribution in [3.63, 3.8) is 0 Å². The summed E-state index contributed by atoms with van der Waals surface area (Å²) in [4.78, 5) is 10.7. The van der Waals surface area contributed by atoms with E-state index in [-0.39, 0.29) is 0 Å². The molecule has 0 bridgehead atoms.